The summed E-state index contributed by atoms with van der Waals surface area (Å²) in [6, 6.07) is 10.3. The van der Waals surface area contributed by atoms with Crippen LogP contribution in [0.3, 0.4) is 0 Å². The highest BCUT2D eigenvalue weighted by Crippen LogP contribution is 2.29. The van der Waals surface area contributed by atoms with Gasteiger partial charge in [0.1, 0.15) is 6.04 Å². The molecule has 3 atom stereocenters. The molecule has 0 spiro atoms. The minimum absolute atomic E-state index is 0.0651. The van der Waals surface area contributed by atoms with Crippen LogP contribution < -0.4 is 10.6 Å². The third kappa shape index (κ3) is 10.5. The van der Waals surface area contributed by atoms with Crippen molar-refractivity contribution in [3.05, 3.63) is 35.9 Å². The fraction of sp³-hybridized carbons (Fsp3) is 0.758. The van der Waals surface area contributed by atoms with Gasteiger partial charge in [-0.15, -0.1) is 0 Å². The molecule has 3 rings (SSSR count). The Labute approximate surface area is 238 Å². The maximum atomic E-state index is 14.1. The van der Waals surface area contributed by atoms with Gasteiger partial charge in [0.15, 0.2) is 0 Å². The molecule has 2 N–H and O–H groups in total. The molecule has 39 heavy (non-hydrogen) atoms. The third-order valence-corrected chi connectivity index (χ3v) is 9.03. The number of likely N-dealkylation sites (tertiary alicyclic amines) is 1. The monoisotopic (exact) mass is 540 g/mol. The average molecular weight is 541 g/mol. The highest BCUT2D eigenvalue weighted by atomic mass is 16.2. The van der Waals surface area contributed by atoms with E-state index in [1.54, 1.807) is 7.05 Å². The lowest BCUT2D eigenvalue weighted by Gasteiger charge is -2.37. The number of carbonyl (C=O) groups is 2. The lowest BCUT2D eigenvalue weighted by Crippen LogP contribution is -2.57. The predicted molar refractivity (Wildman–Crippen MR) is 162 cm³/mol. The van der Waals surface area contributed by atoms with Crippen molar-refractivity contribution in [3.8, 4) is 0 Å². The number of unbranched alkanes of at least 4 members (excludes halogenated alkanes) is 5. The SMILES string of the molecule is CCCCCCCCN(CCc1ccccc1)C[C@@H]1CCCN1C(=O)[C@@H](NC(=O)[C@H](C)NC)C1CCCCC1. The highest BCUT2D eigenvalue weighted by Gasteiger charge is 2.39. The third-order valence-electron chi connectivity index (χ3n) is 9.03. The Bertz CT molecular complexity index is 826. The molecule has 1 aromatic carbocycles. The van der Waals surface area contributed by atoms with Crippen LogP contribution in [0.2, 0.25) is 0 Å². The molecule has 1 aliphatic carbocycles. The van der Waals surface area contributed by atoms with E-state index < -0.39 is 6.04 Å². The maximum Gasteiger partial charge on any atom is 0.245 e. The summed E-state index contributed by atoms with van der Waals surface area (Å²) in [4.78, 5) is 31.7. The van der Waals surface area contributed by atoms with Gasteiger partial charge >= 0.3 is 0 Å². The van der Waals surface area contributed by atoms with Gasteiger partial charge in [-0.3, -0.25) is 9.59 Å². The second kappa shape index (κ2) is 17.7. The fourth-order valence-corrected chi connectivity index (χ4v) is 6.39. The van der Waals surface area contributed by atoms with Crippen molar-refractivity contribution in [2.24, 2.45) is 5.92 Å². The van der Waals surface area contributed by atoms with Gasteiger partial charge in [-0.25, -0.2) is 0 Å². The average Bonchev–Trinajstić information content (AvgIpc) is 3.44. The summed E-state index contributed by atoms with van der Waals surface area (Å²) in [5, 5.41) is 6.22. The van der Waals surface area contributed by atoms with Gasteiger partial charge in [-0.05, 0) is 70.5 Å². The van der Waals surface area contributed by atoms with E-state index in [-0.39, 0.29) is 29.8 Å². The van der Waals surface area contributed by atoms with Crippen LogP contribution in [-0.4, -0.2) is 73.0 Å². The van der Waals surface area contributed by atoms with E-state index in [9.17, 15) is 9.59 Å². The molecule has 1 aliphatic heterocycles. The molecule has 0 aromatic heterocycles. The Hall–Kier alpha value is -1.92. The van der Waals surface area contributed by atoms with Crippen LogP contribution in [0, 0.1) is 5.92 Å². The number of rotatable bonds is 17. The van der Waals surface area contributed by atoms with Crippen molar-refractivity contribution < 1.29 is 9.59 Å². The number of carbonyl (C=O) groups excluding carboxylic acids is 2. The number of amides is 2. The minimum atomic E-state index is -0.398. The molecule has 0 radical (unpaired) electrons. The number of benzene rings is 1. The first-order valence-corrected chi connectivity index (χ1v) is 16.1. The number of hydrogen-bond acceptors (Lipinski definition) is 4. The Kier molecular flexibility index (Phi) is 14.3. The zero-order valence-electron chi connectivity index (χ0n) is 25.1. The van der Waals surface area contributed by atoms with Gasteiger partial charge < -0.3 is 20.4 Å². The zero-order valence-corrected chi connectivity index (χ0v) is 25.1. The molecule has 1 heterocycles. The number of nitrogens with zero attached hydrogens (tertiary/aromatic N) is 2. The van der Waals surface area contributed by atoms with E-state index in [4.69, 9.17) is 0 Å². The van der Waals surface area contributed by atoms with E-state index in [2.05, 4.69) is 57.7 Å². The van der Waals surface area contributed by atoms with Crippen LogP contribution in [0.4, 0.5) is 0 Å². The number of likely N-dealkylation sites (N-methyl/N-ethyl adjacent to an activating group) is 1. The van der Waals surface area contributed by atoms with Crippen molar-refractivity contribution in [1.82, 2.24) is 20.4 Å². The first-order chi connectivity index (χ1) is 19.0. The maximum absolute atomic E-state index is 14.1. The molecule has 2 fully saturated rings. The van der Waals surface area contributed by atoms with Crippen molar-refractivity contribution in [2.45, 2.75) is 122 Å². The first-order valence-electron chi connectivity index (χ1n) is 16.1. The Morgan fingerprint density at radius 3 is 2.38 bits per heavy atom. The van der Waals surface area contributed by atoms with Crippen molar-refractivity contribution in [2.75, 3.05) is 33.2 Å². The van der Waals surface area contributed by atoms with E-state index in [1.807, 2.05) is 6.92 Å². The Morgan fingerprint density at radius 1 is 0.949 bits per heavy atom. The summed E-state index contributed by atoms with van der Waals surface area (Å²) < 4.78 is 0. The van der Waals surface area contributed by atoms with Gasteiger partial charge in [-0.2, -0.15) is 0 Å². The molecular weight excluding hydrogens is 484 g/mol. The summed E-state index contributed by atoms with van der Waals surface area (Å²) in [5.41, 5.74) is 1.38. The zero-order chi connectivity index (χ0) is 27.9. The van der Waals surface area contributed by atoms with Crippen LogP contribution >= 0.6 is 0 Å². The topological polar surface area (TPSA) is 64.7 Å². The van der Waals surface area contributed by atoms with Crippen LogP contribution in [0.15, 0.2) is 30.3 Å². The van der Waals surface area contributed by atoms with E-state index >= 15 is 0 Å². The summed E-state index contributed by atoms with van der Waals surface area (Å²) in [6.07, 6.45) is 16.6. The van der Waals surface area contributed by atoms with Crippen LogP contribution in [0.25, 0.3) is 0 Å². The van der Waals surface area contributed by atoms with Crippen molar-refractivity contribution >= 4 is 11.8 Å². The number of hydrogen-bond donors (Lipinski definition) is 2. The molecule has 0 bridgehead atoms. The minimum Gasteiger partial charge on any atom is -0.343 e. The Balaban J connectivity index is 1.65. The molecule has 0 unspecified atom stereocenters. The molecule has 2 aliphatic rings. The van der Waals surface area contributed by atoms with Gasteiger partial charge in [0.05, 0.1) is 6.04 Å². The molecule has 6 nitrogen and oxygen atoms in total. The smallest absolute Gasteiger partial charge is 0.245 e. The summed E-state index contributed by atoms with van der Waals surface area (Å²) in [7, 11) is 1.80. The molecule has 220 valence electrons. The van der Waals surface area contributed by atoms with E-state index in [0.29, 0.717) is 0 Å². The first kappa shape index (κ1) is 31.6. The van der Waals surface area contributed by atoms with Gasteiger partial charge in [0, 0.05) is 25.7 Å². The summed E-state index contributed by atoms with van der Waals surface area (Å²) >= 11 is 0. The molecule has 6 heteroatoms. The quantitative estimate of drug-likeness (QED) is 0.254. The van der Waals surface area contributed by atoms with Crippen LogP contribution in [0.5, 0.6) is 0 Å². The van der Waals surface area contributed by atoms with E-state index in [0.717, 1.165) is 71.1 Å². The number of nitrogens with one attached hydrogen (secondary N) is 2. The molecule has 1 saturated carbocycles. The molecular formula is C33H56N4O2. The highest BCUT2D eigenvalue weighted by molar-refractivity contribution is 5.90. The Morgan fingerprint density at radius 2 is 1.67 bits per heavy atom. The van der Waals surface area contributed by atoms with Gasteiger partial charge in [0.25, 0.3) is 0 Å². The van der Waals surface area contributed by atoms with Gasteiger partial charge in [0.2, 0.25) is 11.8 Å². The van der Waals surface area contributed by atoms with Crippen molar-refractivity contribution in [1.29, 1.82) is 0 Å². The summed E-state index contributed by atoms with van der Waals surface area (Å²) in [5.74, 6) is 0.339. The second-order valence-corrected chi connectivity index (χ2v) is 12.0. The molecule has 2 amide bonds. The van der Waals surface area contributed by atoms with Gasteiger partial charge in [-0.1, -0.05) is 88.6 Å². The molecule has 1 saturated heterocycles. The fourth-order valence-electron chi connectivity index (χ4n) is 6.39. The van der Waals surface area contributed by atoms with Crippen molar-refractivity contribution in [3.63, 3.8) is 0 Å². The summed E-state index contributed by atoms with van der Waals surface area (Å²) in [6.45, 7) is 8.01. The lowest BCUT2D eigenvalue weighted by atomic mass is 9.83. The standard InChI is InChI=1S/C33H56N4O2/c1-4-5-6-7-8-15-23-36(25-22-28-17-11-9-12-18-28)26-30-21-16-24-37(30)33(39)31(29-19-13-10-14-20-29)35-32(38)27(2)34-3/h9,11-12,17-18,27,29-31,34H,4-8,10,13-16,19-26H2,1-3H3,(H,35,38)/t27-,30-,31-/m0/s1. The largest absolute Gasteiger partial charge is 0.343 e. The van der Waals surface area contributed by atoms with Crippen LogP contribution in [-0.2, 0) is 16.0 Å². The normalized spacial score (nSPS) is 19.8. The lowest BCUT2D eigenvalue weighted by molar-refractivity contribution is -0.139. The predicted octanol–water partition coefficient (Wildman–Crippen LogP) is 5.56. The van der Waals surface area contributed by atoms with Crippen LogP contribution in [0.1, 0.15) is 103 Å². The molecule has 1 aromatic rings. The van der Waals surface area contributed by atoms with E-state index in [1.165, 1.54) is 50.5 Å². The second-order valence-electron chi connectivity index (χ2n) is 12.0.